The summed E-state index contributed by atoms with van der Waals surface area (Å²) >= 11 is 0. The van der Waals surface area contributed by atoms with Gasteiger partial charge in [-0.05, 0) is 30.2 Å². The molecule has 0 radical (unpaired) electrons. The van der Waals surface area contributed by atoms with Gasteiger partial charge in [0.15, 0.2) is 0 Å². The van der Waals surface area contributed by atoms with Crippen molar-refractivity contribution in [2.45, 2.75) is 17.9 Å². The maximum atomic E-state index is 12.5. The van der Waals surface area contributed by atoms with Crippen LogP contribution in [0.4, 0.5) is 0 Å². The Kier molecular flexibility index (Phi) is 5.70. The van der Waals surface area contributed by atoms with Crippen molar-refractivity contribution < 1.29 is 17.9 Å². The van der Waals surface area contributed by atoms with E-state index in [-0.39, 0.29) is 23.5 Å². The lowest BCUT2D eigenvalue weighted by molar-refractivity contribution is -0.137. The quantitative estimate of drug-likeness (QED) is 0.867. The van der Waals surface area contributed by atoms with Gasteiger partial charge < -0.3 is 9.64 Å². The number of benzene rings is 2. The first-order valence-electron chi connectivity index (χ1n) is 8.46. The number of carbonyl (C=O) groups is 1. The molecule has 3 rings (SSSR count). The number of ether oxygens (including phenoxy) is 1. The molecule has 0 aliphatic carbocycles. The number of hydrogen-bond acceptors (Lipinski definition) is 4. The van der Waals surface area contributed by atoms with E-state index in [0.717, 1.165) is 11.1 Å². The maximum absolute atomic E-state index is 12.5. The fourth-order valence-corrected chi connectivity index (χ4v) is 3.96. The fraction of sp³-hybridized carbons (Fsp3) is 0.316. The lowest BCUT2D eigenvalue weighted by Gasteiger charge is -2.33. The summed E-state index contributed by atoms with van der Waals surface area (Å²) in [5, 5.41) is 0. The van der Waals surface area contributed by atoms with Crippen LogP contribution in [-0.2, 0) is 19.6 Å². The summed E-state index contributed by atoms with van der Waals surface area (Å²) in [6, 6.07) is 16.3. The summed E-state index contributed by atoms with van der Waals surface area (Å²) in [5.41, 5.74) is 1.85. The Balaban J connectivity index is 1.61. The molecule has 26 heavy (non-hydrogen) atoms. The predicted octanol–water partition coefficient (Wildman–Crippen LogP) is 1.87. The highest BCUT2D eigenvalue weighted by Gasteiger charge is 2.26. The molecule has 0 saturated carbocycles. The second-order valence-electron chi connectivity index (χ2n) is 6.25. The molecule has 1 N–H and O–H groups in total. The number of carbonyl (C=O) groups excluding carboxylic acids is 1. The summed E-state index contributed by atoms with van der Waals surface area (Å²) in [5.74, 6) is -0.259. The highest BCUT2D eigenvalue weighted by atomic mass is 32.2. The Bertz CT molecular complexity index is 868. The van der Waals surface area contributed by atoms with Gasteiger partial charge in [0, 0.05) is 6.54 Å². The summed E-state index contributed by atoms with van der Waals surface area (Å²) in [4.78, 5) is 14.3. The molecule has 0 aromatic heterocycles. The molecule has 7 heteroatoms. The number of aryl methyl sites for hydroxylation is 1. The van der Waals surface area contributed by atoms with E-state index in [1.54, 1.807) is 17.0 Å². The summed E-state index contributed by atoms with van der Waals surface area (Å²) in [6.07, 6.45) is -0.192. The van der Waals surface area contributed by atoms with Crippen LogP contribution in [0.25, 0.3) is 0 Å². The molecule has 1 aliphatic heterocycles. The Hall–Kier alpha value is -2.22. The number of hydrogen-bond donors (Lipinski definition) is 1. The van der Waals surface area contributed by atoms with Gasteiger partial charge in [-0.3, -0.25) is 4.79 Å². The van der Waals surface area contributed by atoms with Crippen LogP contribution in [0.3, 0.4) is 0 Å². The summed E-state index contributed by atoms with van der Waals surface area (Å²) in [6.45, 7) is 2.85. The summed E-state index contributed by atoms with van der Waals surface area (Å²) < 4.78 is 32.8. The van der Waals surface area contributed by atoms with Crippen LogP contribution in [-0.4, -0.2) is 45.5 Å². The first kappa shape index (κ1) is 18.6. The van der Waals surface area contributed by atoms with Gasteiger partial charge in [-0.2, -0.15) is 0 Å². The molecule has 0 unspecified atom stereocenters. The fourth-order valence-electron chi connectivity index (χ4n) is 2.88. The van der Waals surface area contributed by atoms with Gasteiger partial charge in [0.25, 0.3) is 0 Å². The van der Waals surface area contributed by atoms with Crippen LogP contribution in [0, 0.1) is 6.92 Å². The Morgan fingerprint density at radius 3 is 2.69 bits per heavy atom. The highest BCUT2D eigenvalue weighted by molar-refractivity contribution is 7.89. The average molecular weight is 374 g/mol. The first-order chi connectivity index (χ1) is 12.5. The van der Waals surface area contributed by atoms with Crippen molar-refractivity contribution in [1.29, 1.82) is 0 Å². The van der Waals surface area contributed by atoms with E-state index in [9.17, 15) is 13.2 Å². The Morgan fingerprint density at radius 2 is 1.96 bits per heavy atom. The van der Waals surface area contributed by atoms with Crippen molar-refractivity contribution in [1.82, 2.24) is 9.62 Å². The van der Waals surface area contributed by atoms with Gasteiger partial charge >= 0.3 is 0 Å². The monoisotopic (exact) mass is 374 g/mol. The van der Waals surface area contributed by atoms with E-state index in [1.165, 1.54) is 6.07 Å². The van der Waals surface area contributed by atoms with Crippen LogP contribution in [0.5, 0.6) is 0 Å². The van der Waals surface area contributed by atoms with Crippen LogP contribution in [0.1, 0.15) is 17.2 Å². The number of amides is 1. The zero-order valence-corrected chi connectivity index (χ0v) is 15.4. The third kappa shape index (κ3) is 4.49. The first-order valence-corrected chi connectivity index (χ1v) is 9.95. The van der Waals surface area contributed by atoms with Crippen molar-refractivity contribution in [2.75, 3.05) is 26.2 Å². The highest BCUT2D eigenvalue weighted by Crippen LogP contribution is 2.22. The van der Waals surface area contributed by atoms with Gasteiger partial charge in [-0.25, -0.2) is 13.1 Å². The Labute approximate surface area is 153 Å². The molecule has 1 aliphatic rings. The smallest absolute Gasteiger partial charge is 0.241 e. The topological polar surface area (TPSA) is 75.7 Å². The second-order valence-corrected chi connectivity index (χ2v) is 8.02. The van der Waals surface area contributed by atoms with E-state index in [0.29, 0.717) is 19.7 Å². The zero-order chi connectivity index (χ0) is 18.6. The molecule has 0 bridgehead atoms. The molecular weight excluding hydrogens is 352 g/mol. The van der Waals surface area contributed by atoms with Crippen molar-refractivity contribution in [2.24, 2.45) is 0 Å². The molecule has 1 heterocycles. The molecule has 2 aromatic rings. The third-order valence-corrected chi connectivity index (χ3v) is 5.70. The third-order valence-electron chi connectivity index (χ3n) is 4.30. The molecule has 1 atom stereocenters. The van der Waals surface area contributed by atoms with Crippen LogP contribution in [0.2, 0.25) is 0 Å². The minimum Gasteiger partial charge on any atom is -0.370 e. The number of nitrogens with zero attached hydrogens (tertiary/aromatic N) is 1. The molecule has 1 saturated heterocycles. The SMILES string of the molecule is Cc1cccc(S(=O)(=O)NCC(=O)N2CCO[C@H](c3ccccc3)C2)c1. The van der Waals surface area contributed by atoms with Crippen molar-refractivity contribution >= 4 is 15.9 Å². The number of morpholine rings is 1. The Morgan fingerprint density at radius 1 is 1.19 bits per heavy atom. The number of nitrogens with one attached hydrogen (secondary N) is 1. The number of rotatable bonds is 5. The number of sulfonamides is 1. The van der Waals surface area contributed by atoms with Gasteiger partial charge in [0.2, 0.25) is 15.9 Å². The lowest BCUT2D eigenvalue weighted by Crippen LogP contribution is -2.46. The minimum absolute atomic E-state index is 0.162. The normalized spacial score (nSPS) is 17.9. The van der Waals surface area contributed by atoms with E-state index >= 15 is 0 Å². The standard InChI is InChI=1S/C19H22N2O4S/c1-15-6-5-9-17(12-15)26(23,24)20-13-19(22)21-10-11-25-18(14-21)16-7-3-2-4-8-16/h2-9,12,18,20H,10-11,13-14H2,1H3/t18-/m0/s1. The van der Waals surface area contributed by atoms with Gasteiger partial charge in [0.1, 0.15) is 6.10 Å². The van der Waals surface area contributed by atoms with E-state index in [4.69, 9.17) is 4.74 Å². The van der Waals surface area contributed by atoms with Gasteiger partial charge in [-0.15, -0.1) is 0 Å². The minimum atomic E-state index is -3.71. The van der Waals surface area contributed by atoms with Gasteiger partial charge in [0.05, 0.1) is 24.6 Å². The van der Waals surface area contributed by atoms with Crippen molar-refractivity contribution in [3.8, 4) is 0 Å². The second kappa shape index (κ2) is 7.99. The van der Waals surface area contributed by atoms with Crippen LogP contribution >= 0.6 is 0 Å². The molecule has 138 valence electrons. The molecule has 2 aromatic carbocycles. The lowest BCUT2D eigenvalue weighted by atomic mass is 10.1. The van der Waals surface area contributed by atoms with Crippen LogP contribution in [0.15, 0.2) is 59.5 Å². The summed E-state index contributed by atoms with van der Waals surface area (Å²) in [7, 11) is -3.71. The molecular formula is C19H22N2O4S. The molecule has 1 fully saturated rings. The van der Waals surface area contributed by atoms with Crippen molar-refractivity contribution in [3.63, 3.8) is 0 Å². The van der Waals surface area contributed by atoms with Gasteiger partial charge in [-0.1, -0.05) is 42.5 Å². The largest absolute Gasteiger partial charge is 0.370 e. The zero-order valence-electron chi connectivity index (χ0n) is 14.6. The molecule has 0 spiro atoms. The molecule has 1 amide bonds. The van der Waals surface area contributed by atoms with E-state index < -0.39 is 10.0 Å². The van der Waals surface area contributed by atoms with E-state index in [1.807, 2.05) is 43.3 Å². The van der Waals surface area contributed by atoms with E-state index in [2.05, 4.69) is 4.72 Å². The van der Waals surface area contributed by atoms with Crippen LogP contribution < -0.4 is 4.72 Å². The molecule has 6 nitrogen and oxygen atoms in total. The predicted molar refractivity (Wildman–Crippen MR) is 98.1 cm³/mol. The average Bonchev–Trinajstić information content (AvgIpc) is 2.67. The maximum Gasteiger partial charge on any atom is 0.241 e. The van der Waals surface area contributed by atoms with Crippen molar-refractivity contribution in [3.05, 3.63) is 65.7 Å².